The van der Waals surface area contributed by atoms with Gasteiger partial charge < -0.3 is 14.4 Å². The zero-order valence-corrected chi connectivity index (χ0v) is 19.1. The van der Waals surface area contributed by atoms with Gasteiger partial charge in [-0.1, -0.05) is 54.6 Å². The lowest BCUT2D eigenvalue weighted by molar-refractivity contribution is -0.0844. The maximum absolute atomic E-state index is 12.9. The molecule has 0 spiro atoms. The minimum atomic E-state index is -3.42. The molecule has 2 aliphatic rings. The average Bonchev–Trinajstić information content (AvgIpc) is 2.73. The van der Waals surface area contributed by atoms with Crippen LogP contribution in [0.15, 0.2) is 54.6 Å². The van der Waals surface area contributed by atoms with Crippen molar-refractivity contribution in [3.63, 3.8) is 0 Å². The van der Waals surface area contributed by atoms with Crippen LogP contribution in [0.3, 0.4) is 0 Å². The molecule has 32 heavy (non-hydrogen) atoms. The highest BCUT2D eigenvalue weighted by molar-refractivity contribution is 7.88. The Labute approximate surface area is 189 Å². The summed E-state index contributed by atoms with van der Waals surface area (Å²) in [5.41, 5.74) is 3.24. The van der Waals surface area contributed by atoms with Crippen molar-refractivity contribution in [2.75, 3.05) is 26.0 Å². The highest BCUT2D eigenvalue weighted by atomic mass is 32.2. The number of carbonyl (C=O) groups is 1. The Kier molecular flexibility index (Phi) is 7.13. The Morgan fingerprint density at radius 3 is 2.56 bits per heavy atom. The number of piperidine rings is 1. The summed E-state index contributed by atoms with van der Waals surface area (Å²) in [5, 5.41) is 0. The molecular formula is C24H30N2O5S. The summed E-state index contributed by atoms with van der Waals surface area (Å²) in [5.74, 6) is 0. The van der Waals surface area contributed by atoms with Gasteiger partial charge in [0.25, 0.3) is 0 Å². The standard InChI is InChI=1S/C24H30N2O5S/c1-32(28,29)25-22-11-6-13-26(24(27)31-17-21-12-14-30-21)23(22)16-18-7-5-10-20(15-18)19-8-3-2-4-9-19/h2-5,7-10,15,21-23,25H,6,11-14,16-17H2,1H3/t21?,22-,23-/m0/s1. The van der Waals surface area contributed by atoms with Crippen molar-refractivity contribution in [2.24, 2.45) is 0 Å². The molecule has 8 heteroatoms. The van der Waals surface area contributed by atoms with Gasteiger partial charge in [-0.2, -0.15) is 0 Å². The van der Waals surface area contributed by atoms with Crippen molar-refractivity contribution in [1.82, 2.24) is 9.62 Å². The number of rotatable bonds is 7. The molecule has 0 aliphatic carbocycles. The lowest BCUT2D eigenvalue weighted by Gasteiger charge is -2.41. The summed E-state index contributed by atoms with van der Waals surface area (Å²) in [4.78, 5) is 14.6. The molecule has 1 N–H and O–H groups in total. The van der Waals surface area contributed by atoms with E-state index >= 15 is 0 Å². The zero-order chi connectivity index (χ0) is 22.6. The van der Waals surface area contributed by atoms with Crippen molar-refractivity contribution in [3.05, 3.63) is 60.2 Å². The number of nitrogens with zero attached hydrogens (tertiary/aromatic N) is 1. The largest absolute Gasteiger partial charge is 0.447 e. The highest BCUT2D eigenvalue weighted by Gasteiger charge is 2.37. The van der Waals surface area contributed by atoms with Crippen LogP contribution in [0.1, 0.15) is 24.8 Å². The van der Waals surface area contributed by atoms with E-state index in [0.29, 0.717) is 32.4 Å². The van der Waals surface area contributed by atoms with E-state index in [0.717, 1.165) is 29.4 Å². The minimum Gasteiger partial charge on any atom is -0.447 e. The average molecular weight is 459 g/mol. The first kappa shape index (κ1) is 22.8. The van der Waals surface area contributed by atoms with E-state index in [1.165, 1.54) is 0 Å². The fraction of sp³-hybridized carbons (Fsp3) is 0.458. The summed E-state index contributed by atoms with van der Waals surface area (Å²) >= 11 is 0. The smallest absolute Gasteiger partial charge is 0.410 e. The van der Waals surface area contributed by atoms with Gasteiger partial charge in [-0.15, -0.1) is 0 Å². The second kappa shape index (κ2) is 10.0. The molecule has 1 unspecified atom stereocenters. The maximum atomic E-state index is 12.9. The number of sulfonamides is 1. The quantitative estimate of drug-likeness (QED) is 0.689. The Morgan fingerprint density at radius 2 is 1.88 bits per heavy atom. The second-order valence-corrected chi connectivity index (χ2v) is 10.3. The minimum absolute atomic E-state index is 0.0327. The molecule has 4 rings (SSSR count). The lowest BCUT2D eigenvalue weighted by atomic mass is 9.90. The van der Waals surface area contributed by atoms with Crippen LogP contribution in [-0.2, 0) is 25.9 Å². The Morgan fingerprint density at radius 1 is 1.12 bits per heavy atom. The van der Waals surface area contributed by atoms with Gasteiger partial charge in [0, 0.05) is 25.6 Å². The fourth-order valence-electron chi connectivity index (χ4n) is 4.36. The molecule has 2 aliphatic heterocycles. The number of hydrogen-bond acceptors (Lipinski definition) is 5. The van der Waals surface area contributed by atoms with Crippen LogP contribution in [0, 0.1) is 0 Å². The predicted octanol–water partition coefficient (Wildman–Crippen LogP) is 3.20. The maximum Gasteiger partial charge on any atom is 0.410 e. The first-order chi connectivity index (χ1) is 15.4. The molecule has 1 amide bonds. The molecule has 0 aromatic heterocycles. The van der Waals surface area contributed by atoms with Crippen LogP contribution >= 0.6 is 0 Å². The first-order valence-electron chi connectivity index (χ1n) is 11.1. The number of amides is 1. The van der Waals surface area contributed by atoms with E-state index in [2.05, 4.69) is 29.0 Å². The molecule has 2 heterocycles. The first-order valence-corrected chi connectivity index (χ1v) is 12.9. The SMILES string of the molecule is CS(=O)(=O)N[C@H]1CCCN(C(=O)OCC2CCO2)[C@H]1Cc1cccc(-c2ccccc2)c1. The van der Waals surface area contributed by atoms with Crippen LogP contribution in [0.4, 0.5) is 4.79 Å². The summed E-state index contributed by atoms with van der Waals surface area (Å²) in [7, 11) is -3.42. The van der Waals surface area contributed by atoms with Crippen molar-refractivity contribution < 1.29 is 22.7 Å². The molecule has 7 nitrogen and oxygen atoms in total. The van der Waals surface area contributed by atoms with E-state index in [-0.39, 0.29) is 24.8 Å². The van der Waals surface area contributed by atoms with E-state index in [1.54, 1.807) is 4.90 Å². The van der Waals surface area contributed by atoms with Gasteiger partial charge in [0.15, 0.2) is 0 Å². The fourth-order valence-corrected chi connectivity index (χ4v) is 5.19. The molecule has 0 saturated carbocycles. The van der Waals surface area contributed by atoms with Crippen molar-refractivity contribution >= 4 is 16.1 Å². The number of hydrogen-bond donors (Lipinski definition) is 1. The van der Waals surface area contributed by atoms with Crippen molar-refractivity contribution in [2.45, 2.75) is 43.9 Å². The molecule has 0 radical (unpaired) electrons. The summed E-state index contributed by atoms with van der Waals surface area (Å²) in [6.07, 6.45) is 3.52. The summed E-state index contributed by atoms with van der Waals surface area (Å²) < 4.78 is 37.6. The Balaban J connectivity index is 1.55. The van der Waals surface area contributed by atoms with E-state index in [9.17, 15) is 13.2 Å². The van der Waals surface area contributed by atoms with Crippen LogP contribution in [0.25, 0.3) is 11.1 Å². The zero-order valence-electron chi connectivity index (χ0n) is 18.3. The molecular weight excluding hydrogens is 428 g/mol. The summed E-state index contributed by atoms with van der Waals surface area (Å²) in [6.45, 7) is 1.47. The second-order valence-electron chi connectivity index (χ2n) is 8.53. The van der Waals surface area contributed by atoms with Gasteiger partial charge in [0.05, 0.1) is 18.4 Å². The van der Waals surface area contributed by atoms with Crippen LogP contribution in [0.2, 0.25) is 0 Å². The molecule has 0 bridgehead atoms. The third kappa shape index (κ3) is 5.88. The van der Waals surface area contributed by atoms with E-state index < -0.39 is 16.1 Å². The monoisotopic (exact) mass is 458 g/mol. The molecule has 172 valence electrons. The molecule has 2 aromatic rings. The number of ether oxygens (including phenoxy) is 2. The van der Waals surface area contributed by atoms with Crippen molar-refractivity contribution in [3.8, 4) is 11.1 Å². The molecule has 3 atom stereocenters. The number of benzene rings is 2. The Bertz CT molecular complexity index is 1020. The van der Waals surface area contributed by atoms with Crippen LogP contribution in [-0.4, -0.2) is 63.6 Å². The number of nitrogens with one attached hydrogen (secondary N) is 1. The van der Waals surface area contributed by atoms with Crippen LogP contribution in [0.5, 0.6) is 0 Å². The molecule has 2 fully saturated rings. The molecule has 2 aromatic carbocycles. The van der Waals surface area contributed by atoms with Gasteiger partial charge in [-0.3, -0.25) is 0 Å². The Hall–Kier alpha value is -2.42. The third-order valence-electron chi connectivity index (χ3n) is 6.04. The number of likely N-dealkylation sites (tertiary alicyclic amines) is 1. The van der Waals surface area contributed by atoms with Gasteiger partial charge in [-0.05, 0) is 36.0 Å². The van der Waals surface area contributed by atoms with Gasteiger partial charge >= 0.3 is 6.09 Å². The number of carbonyl (C=O) groups excluding carboxylic acids is 1. The topological polar surface area (TPSA) is 84.9 Å². The van der Waals surface area contributed by atoms with Gasteiger partial charge in [0.2, 0.25) is 10.0 Å². The molecule has 2 saturated heterocycles. The normalized spacial score (nSPS) is 23.4. The van der Waals surface area contributed by atoms with Gasteiger partial charge in [0.1, 0.15) is 6.61 Å². The highest BCUT2D eigenvalue weighted by Crippen LogP contribution is 2.26. The predicted molar refractivity (Wildman–Crippen MR) is 123 cm³/mol. The van der Waals surface area contributed by atoms with Crippen molar-refractivity contribution in [1.29, 1.82) is 0 Å². The van der Waals surface area contributed by atoms with Crippen LogP contribution < -0.4 is 4.72 Å². The third-order valence-corrected chi connectivity index (χ3v) is 6.77. The van der Waals surface area contributed by atoms with E-state index in [1.807, 2.05) is 30.3 Å². The van der Waals surface area contributed by atoms with E-state index in [4.69, 9.17) is 9.47 Å². The lowest BCUT2D eigenvalue weighted by Crippen LogP contribution is -2.58. The van der Waals surface area contributed by atoms with Gasteiger partial charge in [-0.25, -0.2) is 17.9 Å². The summed E-state index contributed by atoms with van der Waals surface area (Å²) in [6, 6.07) is 17.6.